The van der Waals surface area contributed by atoms with E-state index in [-0.39, 0.29) is 5.04 Å². The highest BCUT2D eigenvalue weighted by Gasteiger charge is 2.35. The zero-order valence-corrected chi connectivity index (χ0v) is 13.9. The lowest BCUT2D eigenvalue weighted by Gasteiger charge is -2.07. The second-order valence-electron chi connectivity index (χ2n) is 4.45. The molecule has 0 saturated carbocycles. The molecule has 0 N–H and O–H groups in total. The molecule has 0 amide bonds. The fourth-order valence-electron chi connectivity index (χ4n) is 1.62. The Morgan fingerprint density at radius 2 is 1.40 bits per heavy atom. The fourth-order valence-corrected chi connectivity index (χ4v) is 3.28. The third-order valence-electron chi connectivity index (χ3n) is 2.69. The van der Waals surface area contributed by atoms with Gasteiger partial charge in [0.25, 0.3) is 0 Å². The zero-order valence-electron chi connectivity index (χ0n) is 12.3. The van der Waals surface area contributed by atoms with Gasteiger partial charge in [0.05, 0.1) is 0 Å². The van der Waals surface area contributed by atoms with Crippen LogP contribution in [0.25, 0.3) is 0 Å². The van der Waals surface area contributed by atoms with Gasteiger partial charge < -0.3 is 0 Å². The normalized spacial score (nSPS) is 12.3. The smallest absolute Gasteiger partial charge is 0.264 e. The van der Waals surface area contributed by atoms with Gasteiger partial charge in [-0.15, -0.1) is 0 Å². The molecule has 0 unspecified atom stereocenters. The number of hydrogen-bond donors (Lipinski definition) is 0. The molecule has 0 bridgehead atoms. The molecule has 2 aromatic rings. The first-order chi connectivity index (χ1) is 11.6. The summed E-state index contributed by atoms with van der Waals surface area (Å²) in [4.78, 5) is -1.45. The van der Waals surface area contributed by atoms with Crippen molar-refractivity contribution in [3.8, 4) is 0 Å². The monoisotopic (exact) mass is 397 g/mol. The van der Waals surface area contributed by atoms with E-state index in [1.807, 2.05) is 0 Å². The minimum Gasteiger partial charge on any atom is -0.264 e. The molecule has 0 aliphatic heterocycles. The first kappa shape index (κ1) is 19.2. The minimum atomic E-state index is -5.37. The van der Waals surface area contributed by atoms with Crippen molar-refractivity contribution in [2.45, 2.75) is 16.7 Å². The molecular weight excluding hydrogens is 389 g/mol. The van der Waals surface area contributed by atoms with Gasteiger partial charge in [0.15, 0.2) is 28.2 Å². The molecule has 0 fully saturated rings. The molecule has 4 nitrogen and oxygen atoms in total. The van der Waals surface area contributed by atoms with Gasteiger partial charge in [0.2, 0.25) is 5.82 Å². The Morgan fingerprint density at radius 1 is 0.920 bits per heavy atom. The first-order valence-electron chi connectivity index (χ1n) is 6.37. The quantitative estimate of drug-likeness (QED) is 0.148. The summed E-state index contributed by atoms with van der Waals surface area (Å²) in [7, 11) is -5.37. The number of nitrogens with zero attached hydrogens (tertiary/aromatic N) is 1. The van der Waals surface area contributed by atoms with Crippen LogP contribution < -0.4 is 0 Å². The van der Waals surface area contributed by atoms with Crippen molar-refractivity contribution in [1.82, 2.24) is 0 Å². The minimum absolute atomic E-state index is 0.0126. The number of halogens is 5. The molecule has 0 atom stereocenters. The molecule has 0 aromatic heterocycles. The van der Waals surface area contributed by atoms with Gasteiger partial charge >= 0.3 is 10.1 Å². The summed E-state index contributed by atoms with van der Waals surface area (Å²) in [6.45, 7) is 1.33. The van der Waals surface area contributed by atoms with Crippen LogP contribution in [0, 0.1) is 29.1 Å². The Labute approximate surface area is 143 Å². The van der Waals surface area contributed by atoms with Crippen LogP contribution in [0.4, 0.5) is 22.0 Å². The van der Waals surface area contributed by atoms with Crippen molar-refractivity contribution in [1.29, 1.82) is 0 Å². The highest BCUT2D eigenvalue weighted by Crippen LogP contribution is 2.28. The number of hydrogen-bond acceptors (Lipinski definition) is 5. The summed E-state index contributed by atoms with van der Waals surface area (Å²) in [5, 5.41) is 3.16. The van der Waals surface area contributed by atoms with Gasteiger partial charge in [-0.25, -0.2) is 22.0 Å². The Balaban J connectivity index is 2.33. The van der Waals surface area contributed by atoms with E-state index in [1.54, 1.807) is 30.3 Å². The van der Waals surface area contributed by atoms with Crippen LogP contribution in [-0.4, -0.2) is 13.5 Å². The number of benzene rings is 2. The van der Waals surface area contributed by atoms with Crippen LogP contribution in [0.1, 0.15) is 6.92 Å². The van der Waals surface area contributed by atoms with Crippen LogP contribution in [0.3, 0.4) is 0 Å². The highest BCUT2D eigenvalue weighted by atomic mass is 32.2. The highest BCUT2D eigenvalue weighted by molar-refractivity contribution is 8.13. The number of rotatable bonds is 4. The molecule has 2 aromatic carbocycles. The topological polar surface area (TPSA) is 55.7 Å². The number of oxime groups is 1. The first-order valence-corrected chi connectivity index (χ1v) is 8.60. The molecule has 0 saturated heterocycles. The molecule has 0 radical (unpaired) electrons. The van der Waals surface area contributed by atoms with Crippen molar-refractivity contribution in [2.24, 2.45) is 5.16 Å². The Kier molecular flexibility index (Phi) is 5.68. The predicted octanol–water partition coefficient (Wildman–Crippen LogP) is 4.21. The maximum Gasteiger partial charge on any atom is 0.364 e. The van der Waals surface area contributed by atoms with Gasteiger partial charge in [0.1, 0.15) is 5.04 Å². The molecule has 0 spiro atoms. The van der Waals surface area contributed by atoms with Gasteiger partial charge in [-0.2, -0.15) is 8.42 Å². The molecule has 0 aliphatic rings. The van der Waals surface area contributed by atoms with E-state index in [1.165, 1.54) is 6.92 Å². The third kappa shape index (κ3) is 4.10. The third-order valence-corrected chi connectivity index (χ3v) is 4.70. The fraction of sp³-hybridized carbons (Fsp3) is 0.0714. The predicted molar refractivity (Wildman–Crippen MR) is 79.9 cm³/mol. The maximum atomic E-state index is 13.5. The van der Waals surface area contributed by atoms with Crippen molar-refractivity contribution in [3.05, 3.63) is 59.4 Å². The summed E-state index contributed by atoms with van der Waals surface area (Å²) in [6.07, 6.45) is 0. The Morgan fingerprint density at radius 3 is 1.92 bits per heavy atom. The van der Waals surface area contributed by atoms with Crippen LogP contribution in [0.5, 0.6) is 0 Å². The van der Waals surface area contributed by atoms with Gasteiger partial charge in [-0.1, -0.05) is 35.1 Å². The molecular formula is C14H8F5NO3S2. The summed E-state index contributed by atoms with van der Waals surface area (Å²) in [6, 6.07) is 8.47. The summed E-state index contributed by atoms with van der Waals surface area (Å²) in [5.74, 6) is -12.3. The maximum absolute atomic E-state index is 13.5. The van der Waals surface area contributed by atoms with Crippen molar-refractivity contribution >= 4 is 26.9 Å². The molecule has 25 heavy (non-hydrogen) atoms. The van der Waals surface area contributed by atoms with E-state index in [0.717, 1.165) is 11.8 Å². The average Bonchev–Trinajstić information content (AvgIpc) is 2.57. The standard InChI is InChI=1S/C14H8F5NO3S2/c1-7(24-8-5-3-2-4-6-8)20-23-25(21,22)14-12(18)10(16)9(15)11(17)13(14)19/h2-6H,1H3/b20-7-. The second kappa shape index (κ2) is 7.40. The lowest BCUT2D eigenvalue weighted by Crippen LogP contribution is -2.14. The van der Waals surface area contributed by atoms with Crippen molar-refractivity contribution < 1.29 is 34.7 Å². The van der Waals surface area contributed by atoms with Crippen LogP contribution >= 0.6 is 11.8 Å². The van der Waals surface area contributed by atoms with E-state index < -0.39 is 44.1 Å². The van der Waals surface area contributed by atoms with E-state index in [9.17, 15) is 30.4 Å². The molecule has 2 rings (SSSR count). The van der Waals surface area contributed by atoms with Gasteiger partial charge in [0, 0.05) is 4.90 Å². The summed E-state index contributed by atoms with van der Waals surface area (Å²) < 4.78 is 93.8. The van der Waals surface area contributed by atoms with Gasteiger partial charge in [-0.3, -0.25) is 4.28 Å². The molecule has 11 heteroatoms. The lowest BCUT2D eigenvalue weighted by atomic mass is 10.3. The lowest BCUT2D eigenvalue weighted by molar-refractivity contribution is 0.318. The zero-order chi connectivity index (χ0) is 18.8. The SMILES string of the molecule is C/C(=N/OS(=O)(=O)c1c(F)c(F)c(F)c(F)c1F)Sc1ccccc1. The summed E-state index contributed by atoms with van der Waals surface area (Å²) >= 11 is 0.962. The Hall–Kier alpha value is -2.14. The van der Waals surface area contributed by atoms with E-state index in [0.29, 0.717) is 4.90 Å². The molecule has 134 valence electrons. The van der Waals surface area contributed by atoms with Crippen LogP contribution in [-0.2, 0) is 14.4 Å². The van der Waals surface area contributed by atoms with E-state index in [2.05, 4.69) is 9.44 Å². The molecule has 0 heterocycles. The van der Waals surface area contributed by atoms with Crippen molar-refractivity contribution in [2.75, 3.05) is 0 Å². The van der Waals surface area contributed by atoms with E-state index >= 15 is 0 Å². The average molecular weight is 397 g/mol. The van der Waals surface area contributed by atoms with Crippen LogP contribution in [0.2, 0.25) is 0 Å². The van der Waals surface area contributed by atoms with Gasteiger partial charge in [-0.05, 0) is 19.1 Å². The largest absolute Gasteiger partial charge is 0.364 e. The van der Waals surface area contributed by atoms with E-state index in [4.69, 9.17) is 0 Å². The van der Waals surface area contributed by atoms with Crippen molar-refractivity contribution in [3.63, 3.8) is 0 Å². The second-order valence-corrected chi connectivity index (χ2v) is 7.19. The molecule has 0 aliphatic carbocycles. The van der Waals surface area contributed by atoms with Crippen LogP contribution in [0.15, 0.2) is 45.3 Å². The summed E-state index contributed by atoms with van der Waals surface area (Å²) in [5.41, 5.74) is 0. The Bertz CT molecular complexity index is 904. The number of thioether (sulfide) groups is 1.